The third-order valence-corrected chi connectivity index (χ3v) is 2.78. The molecule has 0 aliphatic heterocycles. The molecule has 0 aliphatic carbocycles. The number of nitrogens with zero attached hydrogens (tertiary/aromatic N) is 2. The van der Waals surface area contributed by atoms with E-state index in [1.807, 2.05) is 10.9 Å². The fraction of sp³-hybridized carbons (Fsp3) is 0.786. The zero-order valence-electron chi connectivity index (χ0n) is 12.0. The molecule has 0 saturated carbocycles. The smallest absolute Gasteiger partial charge is 0.0537 e. The SMILES string of the molecule is CCCn1cc(C(CC(C)(C)C)NCC)cn1. The second-order valence-electron chi connectivity index (χ2n) is 5.91. The summed E-state index contributed by atoms with van der Waals surface area (Å²) in [5.74, 6) is 0. The normalized spacial score (nSPS) is 13.9. The summed E-state index contributed by atoms with van der Waals surface area (Å²) in [4.78, 5) is 0. The topological polar surface area (TPSA) is 29.9 Å². The van der Waals surface area contributed by atoms with E-state index in [2.05, 4.69) is 51.2 Å². The van der Waals surface area contributed by atoms with Crippen LogP contribution in [-0.4, -0.2) is 16.3 Å². The lowest BCUT2D eigenvalue weighted by Crippen LogP contribution is -2.25. The van der Waals surface area contributed by atoms with Crippen LogP contribution in [-0.2, 0) is 6.54 Å². The van der Waals surface area contributed by atoms with Gasteiger partial charge in [-0.15, -0.1) is 0 Å². The number of hydrogen-bond acceptors (Lipinski definition) is 2. The van der Waals surface area contributed by atoms with Crippen LogP contribution >= 0.6 is 0 Å². The van der Waals surface area contributed by atoms with Crippen molar-refractivity contribution in [2.45, 2.75) is 60.0 Å². The first-order valence-corrected chi connectivity index (χ1v) is 6.72. The predicted molar refractivity (Wildman–Crippen MR) is 73.0 cm³/mol. The third-order valence-electron chi connectivity index (χ3n) is 2.78. The van der Waals surface area contributed by atoms with Gasteiger partial charge in [0.05, 0.1) is 6.20 Å². The van der Waals surface area contributed by atoms with Crippen molar-refractivity contribution >= 4 is 0 Å². The van der Waals surface area contributed by atoms with E-state index in [-0.39, 0.29) is 0 Å². The molecule has 1 rings (SSSR count). The highest BCUT2D eigenvalue weighted by molar-refractivity contribution is 5.11. The Labute approximate surface area is 106 Å². The molecule has 1 heterocycles. The van der Waals surface area contributed by atoms with Crippen LogP contribution in [0.15, 0.2) is 12.4 Å². The standard InChI is InChI=1S/C14H27N3/c1-6-8-17-11-12(10-16-17)13(15-7-2)9-14(3,4)5/h10-11,13,15H,6-9H2,1-5H3. The first kappa shape index (κ1) is 14.2. The molecule has 1 unspecified atom stereocenters. The number of aryl methyl sites for hydroxylation is 1. The largest absolute Gasteiger partial charge is 0.310 e. The number of aromatic nitrogens is 2. The first-order valence-electron chi connectivity index (χ1n) is 6.72. The molecule has 0 aliphatic rings. The van der Waals surface area contributed by atoms with Crippen molar-refractivity contribution in [2.24, 2.45) is 5.41 Å². The summed E-state index contributed by atoms with van der Waals surface area (Å²) in [6.45, 7) is 13.2. The molecule has 1 aromatic rings. The molecule has 0 saturated heterocycles. The Morgan fingerprint density at radius 3 is 2.59 bits per heavy atom. The summed E-state index contributed by atoms with van der Waals surface area (Å²) in [6.07, 6.45) is 6.46. The van der Waals surface area contributed by atoms with Gasteiger partial charge in [-0.3, -0.25) is 4.68 Å². The molecular formula is C14H27N3. The average molecular weight is 237 g/mol. The maximum absolute atomic E-state index is 4.42. The molecule has 98 valence electrons. The highest BCUT2D eigenvalue weighted by Gasteiger charge is 2.20. The summed E-state index contributed by atoms with van der Waals surface area (Å²) in [5, 5.41) is 7.97. The van der Waals surface area contributed by atoms with Crippen molar-refractivity contribution in [3.63, 3.8) is 0 Å². The summed E-state index contributed by atoms with van der Waals surface area (Å²) < 4.78 is 2.04. The fourth-order valence-electron chi connectivity index (χ4n) is 2.08. The molecule has 0 amide bonds. The molecule has 1 atom stereocenters. The molecule has 17 heavy (non-hydrogen) atoms. The van der Waals surface area contributed by atoms with Gasteiger partial charge < -0.3 is 5.32 Å². The minimum absolute atomic E-state index is 0.333. The van der Waals surface area contributed by atoms with Crippen LogP contribution in [0.25, 0.3) is 0 Å². The minimum Gasteiger partial charge on any atom is -0.310 e. The van der Waals surface area contributed by atoms with Gasteiger partial charge in [0.25, 0.3) is 0 Å². The minimum atomic E-state index is 0.333. The zero-order chi connectivity index (χ0) is 12.9. The number of rotatable bonds is 6. The summed E-state index contributed by atoms with van der Waals surface area (Å²) in [5.41, 5.74) is 1.65. The van der Waals surface area contributed by atoms with Crippen LogP contribution in [0.1, 0.15) is 59.1 Å². The second kappa shape index (κ2) is 6.20. The van der Waals surface area contributed by atoms with E-state index in [9.17, 15) is 0 Å². The maximum Gasteiger partial charge on any atom is 0.0537 e. The monoisotopic (exact) mass is 237 g/mol. The first-order chi connectivity index (χ1) is 7.96. The number of nitrogens with one attached hydrogen (secondary N) is 1. The Bertz CT molecular complexity index is 322. The van der Waals surface area contributed by atoms with Crippen molar-refractivity contribution in [1.82, 2.24) is 15.1 Å². The van der Waals surface area contributed by atoms with Gasteiger partial charge in [0.2, 0.25) is 0 Å². The zero-order valence-corrected chi connectivity index (χ0v) is 12.0. The van der Waals surface area contributed by atoms with E-state index in [0.717, 1.165) is 25.9 Å². The summed E-state index contributed by atoms with van der Waals surface area (Å²) >= 11 is 0. The van der Waals surface area contributed by atoms with Crippen molar-refractivity contribution in [3.8, 4) is 0 Å². The van der Waals surface area contributed by atoms with Crippen LogP contribution in [0.5, 0.6) is 0 Å². The lowest BCUT2D eigenvalue weighted by molar-refractivity contribution is 0.314. The highest BCUT2D eigenvalue weighted by Crippen LogP contribution is 2.29. The van der Waals surface area contributed by atoms with E-state index in [0.29, 0.717) is 11.5 Å². The van der Waals surface area contributed by atoms with E-state index in [1.54, 1.807) is 0 Å². The van der Waals surface area contributed by atoms with Gasteiger partial charge in [0.15, 0.2) is 0 Å². The van der Waals surface area contributed by atoms with Gasteiger partial charge in [-0.05, 0) is 24.8 Å². The van der Waals surface area contributed by atoms with Gasteiger partial charge in [0, 0.05) is 24.3 Å². The predicted octanol–water partition coefficient (Wildman–Crippen LogP) is 3.38. The molecule has 1 N–H and O–H groups in total. The van der Waals surface area contributed by atoms with E-state index >= 15 is 0 Å². The van der Waals surface area contributed by atoms with Crippen molar-refractivity contribution < 1.29 is 0 Å². The van der Waals surface area contributed by atoms with Gasteiger partial charge in [-0.2, -0.15) is 5.10 Å². The van der Waals surface area contributed by atoms with E-state index < -0.39 is 0 Å². The van der Waals surface area contributed by atoms with Gasteiger partial charge in [-0.1, -0.05) is 34.6 Å². The van der Waals surface area contributed by atoms with Crippen molar-refractivity contribution in [2.75, 3.05) is 6.54 Å². The Hall–Kier alpha value is -0.830. The molecule has 0 radical (unpaired) electrons. The van der Waals surface area contributed by atoms with Crippen LogP contribution in [0.4, 0.5) is 0 Å². The highest BCUT2D eigenvalue weighted by atomic mass is 15.3. The van der Waals surface area contributed by atoms with Gasteiger partial charge >= 0.3 is 0 Å². The van der Waals surface area contributed by atoms with Crippen molar-refractivity contribution in [1.29, 1.82) is 0 Å². The quantitative estimate of drug-likeness (QED) is 0.822. The van der Waals surface area contributed by atoms with Crippen LogP contribution in [0, 0.1) is 5.41 Å². The van der Waals surface area contributed by atoms with Gasteiger partial charge in [-0.25, -0.2) is 0 Å². The summed E-state index contributed by atoms with van der Waals surface area (Å²) in [6, 6.07) is 0.422. The van der Waals surface area contributed by atoms with Crippen LogP contribution in [0.2, 0.25) is 0 Å². The molecule has 0 fully saturated rings. The maximum atomic E-state index is 4.42. The Kier molecular flexibility index (Phi) is 5.19. The van der Waals surface area contributed by atoms with Gasteiger partial charge in [0.1, 0.15) is 0 Å². The van der Waals surface area contributed by atoms with Crippen LogP contribution < -0.4 is 5.32 Å². The second-order valence-corrected chi connectivity index (χ2v) is 5.91. The van der Waals surface area contributed by atoms with Crippen molar-refractivity contribution in [3.05, 3.63) is 18.0 Å². The van der Waals surface area contributed by atoms with Crippen LogP contribution in [0.3, 0.4) is 0 Å². The summed E-state index contributed by atoms with van der Waals surface area (Å²) in [7, 11) is 0. The third kappa shape index (κ3) is 4.90. The Balaban J connectivity index is 2.74. The fourth-order valence-corrected chi connectivity index (χ4v) is 2.08. The number of hydrogen-bond donors (Lipinski definition) is 1. The lowest BCUT2D eigenvalue weighted by atomic mass is 9.86. The van der Waals surface area contributed by atoms with E-state index in [4.69, 9.17) is 0 Å². The van der Waals surface area contributed by atoms with E-state index in [1.165, 1.54) is 5.56 Å². The molecule has 0 aromatic carbocycles. The molecule has 0 spiro atoms. The Morgan fingerprint density at radius 2 is 2.06 bits per heavy atom. The molecular weight excluding hydrogens is 210 g/mol. The average Bonchev–Trinajstić information content (AvgIpc) is 2.64. The molecule has 0 bridgehead atoms. The molecule has 3 heteroatoms. The lowest BCUT2D eigenvalue weighted by Gasteiger charge is -2.25. The Morgan fingerprint density at radius 1 is 1.35 bits per heavy atom. The molecule has 1 aromatic heterocycles. The molecule has 3 nitrogen and oxygen atoms in total.